The van der Waals surface area contributed by atoms with E-state index >= 15 is 0 Å². The minimum atomic E-state index is 0.159. The van der Waals surface area contributed by atoms with Crippen LogP contribution in [0.15, 0.2) is 30.3 Å². The molecule has 0 bridgehead atoms. The maximum Gasteiger partial charge on any atom is 0.0708 e. The van der Waals surface area contributed by atoms with E-state index in [1.807, 2.05) is 0 Å². The van der Waals surface area contributed by atoms with E-state index in [-0.39, 0.29) is 5.41 Å². The van der Waals surface area contributed by atoms with Crippen molar-refractivity contribution in [3.63, 3.8) is 0 Å². The lowest BCUT2D eigenvalue weighted by atomic mass is 9.77. The van der Waals surface area contributed by atoms with Crippen LogP contribution in [0, 0.1) is 12.3 Å². The van der Waals surface area contributed by atoms with Gasteiger partial charge in [0.2, 0.25) is 0 Å². The lowest BCUT2D eigenvalue weighted by Gasteiger charge is -2.40. The number of pyridine rings is 1. The van der Waals surface area contributed by atoms with Crippen LogP contribution in [0.3, 0.4) is 0 Å². The minimum absolute atomic E-state index is 0.159. The van der Waals surface area contributed by atoms with Gasteiger partial charge in [-0.05, 0) is 62.4 Å². The summed E-state index contributed by atoms with van der Waals surface area (Å²) in [6, 6.07) is 10.6. The number of hydrogen-bond donors (Lipinski definition) is 1. The van der Waals surface area contributed by atoms with Crippen molar-refractivity contribution in [3.8, 4) is 0 Å². The molecule has 0 atom stereocenters. The van der Waals surface area contributed by atoms with Crippen LogP contribution in [0.25, 0.3) is 10.9 Å². The predicted octanol–water partition coefficient (Wildman–Crippen LogP) is 3.53. The molecular formula is C19H26N2O. The number of nitrogens with zero attached hydrogens (tertiary/aromatic N) is 2. The molecule has 1 aromatic heterocycles. The zero-order chi connectivity index (χ0) is 15.6. The molecule has 118 valence electrons. The Bertz CT molecular complexity index is 639. The van der Waals surface area contributed by atoms with Crippen LogP contribution in [0.5, 0.6) is 0 Å². The van der Waals surface area contributed by atoms with Gasteiger partial charge in [0.05, 0.1) is 5.52 Å². The molecule has 3 nitrogen and oxygen atoms in total. The van der Waals surface area contributed by atoms with Crippen molar-refractivity contribution in [1.82, 2.24) is 9.88 Å². The molecule has 0 amide bonds. The number of fused-ring (bicyclic) bond motifs is 1. The molecule has 1 fully saturated rings. The molecule has 2 heterocycles. The van der Waals surface area contributed by atoms with E-state index in [2.05, 4.69) is 54.1 Å². The first kappa shape index (κ1) is 15.4. The summed E-state index contributed by atoms with van der Waals surface area (Å²) < 4.78 is 0. The number of para-hydroxylation sites is 1. The maximum atomic E-state index is 9.67. The molecule has 0 spiro atoms. The Hall–Kier alpha value is -1.45. The maximum absolute atomic E-state index is 9.67. The smallest absolute Gasteiger partial charge is 0.0708 e. The average molecular weight is 298 g/mol. The fraction of sp³-hybridized carbons (Fsp3) is 0.526. The first-order chi connectivity index (χ1) is 10.7. The van der Waals surface area contributed by atoms with Gasteiger partial charge in [0, 0.05) is 24.2 Å². The van der Waals surface area contributed by atoms with Crippen LogP contribution in [0.1, 0.15) is 37.4 Å². The summed E-state index contributed by atoms with van der Waals surface area (Å²) in [5.41, 5.74) is 3.71. The molecule has 3 rings (SSSR count). The molecule has 2 aromatic rings. The van der Waals surface area contributed by atoms with E-state index in [9.17, 15) is 5.11 Å². The Kier molecular flexibility index (Phi) is 4.46. The quantitative estimate of drug-likeness (QED) is 0.938. The molecule has 1 aliphatic heterocycles. The van der Waals surface area contributed by atoms with Crippen LogP contribution in [-0.4, -0.2) is 34.7 Å². The van der Waals surface area contributed by atoms with Gasteiger partial charge < -0.3 is 5.11 Å². The van der Waals surface area contributed by atoms with Crippen molar-refractivity contribution in [2.45, 2.75) is 39.7 Å². The Labute approximate surface area is 133 Å². The highest BCUT2D eigenvalue weighted by molar-refractivity contribution is 5.82. The molecule has 0 aliphatic carbocycles. The third-order valence-corrected chi connectivity index (χ3v) is 5.33. The Morgan fingerprint density at radius 1 is 1.23 bits per heavy atom. The predicted molar refractivity (Wildman–Crippen MR) is 90.8 cm³/mol. The molecule has 1 saturated heterocycles. The third kappa shape index (κ3) is 3.01. The van der Waals surface area contributed by atoms with E-state index in [1.165, 1.54) is 10.9 Å². The number of rotatable bonds is 4. The topological polar surface area (TPSA) is 36.4 Å². The molecule has 0 saturated carbocycles. The van der Waals surface area contributed by atoms with Gasteiger partial charge in [0.1, 0.15) is 0 Å². The number of aliphatic hydroxyl groups is 1. The van der Waals surface area contributed by atoms with Crippen molar-refractivity contribution in [2.24, 2.45) is 5.41 Å². The van der Waals surface area contributed by atoms with Gasteiger partial charge in [-0.15, -0.1) is 0 Å². The highest BCUT2D eigenvalue weighted by atomic mass is 16.3. The Balaban J connectivity index is 1.77. The summed E-state index contributed by atoms with van der Waals surface area (Å²) in [4.78, 5) is 7.15. The molecule has 1 aromatic carbocycles. The summed E-state index contributed by atoms with van der Waals surface area (Å²) in [7, 11) is 0. The van der Waals surface area contributed by atoms with E-state index in [0.29, 0.717) is 6.61 Å². The average Bonchev–Trinajstić information content (AvgIpc) is 2.56. The summed E-state index contributed by atoms with van der Waals surface area (Å²) >= 11 is 0. The highest BCUT2D eigenvalue weighted by Gasteiger charge is 2.32. The summed E-state index contributed by atoms with van der Waals surface area (Å²) in [6.07, 6.45) is 3.28. The van der Waals surface area contributed by atoms with E-state index in [4.69, 9.17) is 0 Å². The number of aryl methyl sites for hydroxylation is 1. The number of benzene rings is 1. The lowest BCUT2D eigenvalue weighted by molar-refractivity contribution is 0.0384. The largest absolute Gasteiger partial charge is 0.396 e. The van der Waals surface area contributed by atoms with Gasteiger partial charge >= 0.3 is 0 Å². The van der Waals surface area contributed by atoms with Crippen LogP contribution >= 0.6 is 0 Å². The molecule has 0 unspecified atom stereocenters. The molecule has 1 N–H and O–H groups in total. The second-order valence-corrected chi connectivity index (χ2v) is 6.73. The lowest BCUT2D eigenvalue weighted by Crippen LogP contribution is -2.41. The van der Waals surface area contributed by atoms with Crippen LogP contribution in [-0.2, 0) is 6.54 Å². The number of hydrogen-bond acceptors (Lipinski definition) is 3. The zero-order valence-electron chi connectivity index (χ0n) is 13.7. The number of piperidine rings is 1. The van der Waals surface area contributed by atoms with Crippen LogP contribution in [0.2, 0.25) is 0 Å². The molecule has 0 radical (unpaired) electrons. The number of likely N-dealkylation sites (tertiary alicyclic amines) is 1. The van der Waals surface area contributed by atoms with Crippen LogP contribution < -0.4 is 0 Å². The first-order valence-electron chi connectivity index (χ1n) is 8.34. The molecule has 3 heteroatoms. The Morgan fingerprint density at radius 3 is 2.64 bits per heavy atom. The second kappa shape index (κ2) is 6.35. The fourth-order valence-electron chi connectivity index (χ4n) is 3.58. The van der Waals surface area contributed by atoms with E-state index < -0.39 is 0 Å². The van der Waals surface area contributed by atoms with Gasteiger partial charge in [-0.1, -0.05) is 25.1 Å². The molecule has 1 aliphatic rings. The second-order valence-electron chi connectivity index (χ2n) is 6.73. The summed E-state index contributed by atoms with van der Waals surface area (Å²) in [5.74, 6) is 0. The number of aromatic nitrogens is 1. The zero-order valence-corrected chi connectivity index (χ0v) is 13.7. The van der Waals surface area contributed by atoms with Crippen molar-refractivity contribution in [3.05, 3.63) is 41.6 Å². The molecular weight excluding hydrogens is 272 g/mol. The van der Waals surface area contributed by atoms with Crippen molar-refractivity contribution >= 4 is 10.9 Å². The van der Waals surface area contributed by atoms with Crippen LogP contribution in [0.4, 0.5) is 0 Å². The van der Waals surface area contributed by atoms with Crippen molar-refractivity contribution < 1.29 is 5.11 Å². The Morgan fingerprint density at radius 2 is 1.95 bits per heavy atom. The van der Waals surface area contributed by atoms with E-state index in [1.54, 1.807) is 0 Å². The summed E-state index contributed by atoms with van der Waals surface area (Å²) in [6.45, 7) is 7.73. The number of aliphatic hydroxyl groups excluding tert-OH is 1. The van der Waals surface area contributed by atoms with Gasteiger partial charge in [-0.25, -0.2) is 0 Å². The normalized spacial score (nSPS) is 18.7. The fourth-order valence-corrected chi connectivity index (χ4v) is 3.58. The van der Waals surface area contributed by atoms with E-state index in [0.717, 1.165) is 50.1 Å². The van der Waals surface area contributed by atoms with Gasteiger partial charge in [-0.3, -0.25) is 9.88 Å². The van der Waals surface area contributed by atoms with Gasteiger partial charge in [0.15, 0.2) is 0 Å². The van der Waals surface area contributed by atoms with Crippen molar-refractivity contribution in [1.29, 1.82) is 0 Å². The first-order valence-corrected chi connectivity index (χ1v) is 8.34. The SMILES string of the molecule is CCC1(CO)CCN(Cc2cc(C)nc3ccccc23)CC1. The summed E-state index contributed by atoms with van der Waals surface area (Å²) in [5, 5.41) is 10.9. The van der Waals surface area contributed by atoms with Crippen molar-refractivity contribution in [2.75, 3.05) is 19.7 Å². The van der Waals surface area contributed by atoms with Gasteiger partial charge in [0.25, 0.3) is 0 Å². The molecule has 22 heavy (non-hydrogen) atoms. The third-order valence-electron chi connectivity index (χ3n) is 5.33. The minimum Gasteiger partial charge on any atom is -0.396 e. The monoisotopic (exact) mass is 298 g/mol. The highest BCUT2D eigenvalue weighted by Crippen LogP contribution is 2.35. The van der Waals surface area contributed by atoms with Gasteiger partial charge in [-0.2, -0.15) is 0 Å². The standard InChI is InChI=1S/C19H26N2O/c1-3-19(14-22)8-10-21(11-9-19)13-16-12-15(2)20-18-7-5-4-6-17(16)18/h4-7,12,22H,3,8-11,13-14H2,1-2H3.